The second kappa shape index (κ2) is 4.35. The van der Waals surface area contributed by atoms with Crippen LogP contribution in [0.3, 0.4) is 0 Å². The van der Waals surface area contributed by atoms with Gasteiger partial charge in [-0.05, 0) is 18.6 Å². The third kappa shape index (κ3) is 1.91. The molecule has 0 bridgehead atoms. The van der Waals surface area contributed by atoms with Crippen LogP contribution in [0.4, 0.5) is 5.69 Å². The van der Waals surface area contributed by atoms with Gasteiger partial charge in [0.05, 0.1) is 0 Å². The van der Waals surface area contributed by atoms with Gasteiger partial charge in [0.2, 0.25) is 11.7 Å². The van der Waals surface area contributed by atoms with Crippen molar-refractivity contribution in [2.24, 2.45) is 0 Å². The number of hydrogen-bond donors (Lipinski definition) is 1. The zero-order valence-electron chi connectivity index (χ0n) is 9.47. The molecule has 0 aliphatic heterocycles. The monoisotopic (exact) mass is 217 g/mol. The van der Waals surface area contributed by atoms with E-state index < -0.39 is 0 Å². The number of aromatic nitrogens is 2. The van der Waals surface area contributed by atoms with E-state index in [0.29, 0.717) is 17.4 Å². The first-order valence-electron chi connectivity index (χ1n) is 5.40. The van der Waals surface area contributed by atoms with E-state index in [-0.39, 0.29) is 5.92 Å². The summed E-state index contributed by atoms with van der Waals surface area (Å²) in [7, 11) is 0. The topological polar surface area (TPSA) is 64.9 Å². The van der Waals surface area contributed by atoms with Gasteiger partial charge in [-0.15, -0.1) is 0 Å². The normalized spacial score (nSPS) is 12.6. The van der Waals surface area contributed by atoms with E-state index in [1.165, 1.54) is 0 Å². The van der Waals surface area contributed by atoms with Crippen molar-refractivity contribution in [3.63, 3.8) is 0 Å². The van der Waals surface area contributed by atoms with Crippen LogP contribution in [0.15, 0.2) is 28.8 Å². The van der Waals surface area contributed by atoms with Crippen molar-refractivity contribution in [1.82, 2.24) is 10.1 Å². The summed E-state index contributed by atoms with van der Waals surface area (Å²) in [4.78, 5) is 4.35. The highest BCUT2D eigenvalue weighted by atomic mass is 16.5. The molecule has 0 fully saturated rings. The van der Waals surface area contributed by atoms with Gasteiger partial charge < -0.3 is 10.3 Å². The van der Waals surface area contributed by atoms with Gasteiger partial charge in [-0.3, -0.25) is 0 Å². The van der Waals surface area contributed by atoms with Gasteiger partial charge in [0.1, 0.15) is 0 Å². The minimum Gasteiger partial charge on any atom is -0.398 e. The summed E-state index contributed by atoms with van der Waals surface area (Å²) in [5.74, 6) is 1.51. The highest BCUT2D eigenvalue weighted by Gasteiger charge is 2.14. The molecule has 0 radical (unpaired) electrons. The van der Waals surface area contributed by atoms with Crippen molar-refractivity contribution in [2.45, 2.75) is 26.2 Å². The van der Waals surface area contributed by atoms with Crippen molar-refractivity contribution in [3.05, 3.63) is 30.2 Å². The smallest absolute Gasteiger partial charge is 0.229 e. The summed E-state index contributed by atoms with van der Waals surface area (Å²) in [6.45, 7) is 4.15. The highest BCUT2D eigenvalue weighted by molar-refractivity contribution is 5.70. The van der Waals surface area contributed by atoms with Crippen LogP contribution < -0.4 is 5.73 Å². The number of benzene rings is 1. The summed E-state index contributed by atoms with van der Waals surface area (Å²) >= 11 is 0. The maximum absolute atomic E-state index is 5.85. The predicted octanol–water partition coefficient (Wildman–Crippen LogP) is 2.83. The number of nitrogens with zero attached hydrogens (tertiary/aromatic N) is 2. The minimum absolute atomic E-state index is 0.284. The zero-order chi connectivity index (χ0) is 11.5. The first kappa shape index (κ1) is 10.7. The number of nitrogens with two attached hydrogens (primary N) is 1. The Morgan fingerprint density at radius 1 is 1.38 bits per heavy atom. The first-order chi connectivity index (χ1) is 7.72. The largest absolute Gasteiger partial charge is 0.398 e. The van der Waals surface area contributed by atoms with Gasteiger partial charge >= 0.3 is 0 Å². The minimum atomic E-state index is 0.284. The van der Waals surface area contributed by atoms with Gasteiger partial charge in [0.15, 0.2) is 0 Å². The summed E-state index contributed by atoms with van der Waals surface area (Å²) in [6, 6.07) is 7.51. The lowest BCUT2D eigenvalue weighted by Crippen LogP contribution is -1.93. The molecule has 0 saturated heterocycles. The third-order valence-corrected chi connectivity index (χ3v) is 2.68. The second-order valence-corrected chi connectivity index (χ2v) is 3.85. The lowest BCUT2D eigenvalue weighted by Gasteiger charge is -1.99. The number of anilines is 1. The molecule has 0 aliphatic carbocycles. The Morgan fingerprint density at radius 3 is 2.81 bits per heavy atom. The van der Waals surface area contributed by atoms with E-state index in [1.807, 2.05) is 24.3 Å². The van der Waals surface area contributed by atoms with Crippen molar-refractivity contribution >= 4 is 5.69 Å². The number of rotatable bonds is 3. The predicted molar refractivity (Wildman–Crippen MR) is 62.9 cm³/mol. The van der Waals surface area contributed by atoms with Crippen molar-refractivity contribution in [3.8, 4) is 11.4 Å². The average Bonchev–Trinajstić information content (AvgIpc) is 2.78. The Kier molecular flexibility index (Phi) is 2.90. The van der Waals surface area contributed by atoms with E-state index in [2.05, 4.69) is 24.0 Å². The molecular formula is C12H15N3O. The van der Waals surface area contributed by atoms with Crippen molar-refractivity contribution < 1.29 is 4.52 Å². The van der Waals surface area contributed by atoms with Crippen LogP contribution in [-0.2, 0) is 0 Å². The summed E-state index contributed by atoms with van der Waals surface area (Å²) in [5, 5.41) is 3.95. The molecule has 0 amide bonds. The van der Waals surface area contributed by atoms with E-state index in [4.69, 9.17) is 10.3 Å². The van der Waals surface area contributed by atoms with Crippen LogP contribution >= 0.6 is 0 Å². The maximum atomic E-state index is 5.85. The molecule has 2 N–H and O–H groups in total. The van der Waals surface area contributed by atoms with Crippen LogP contribution in [0.5, 0.6) is 0 Å². The second-order valence-electron chi connectivity index (χ2n) is 3.85. The van der Waals surface area contributed by atoms with Crippen molar-refractivity contribution in [1.29, 1.82) is 0 Å². The number of nitrogen functional groups attached to an aromatic ring is 1. The lowest BCUT2D eigenvalue weighted by atomic mass is 10.1. The fourth-order valence-corrected chi connectivity index (χ4v) is 1.42. The highest BCUT2D eigenvalue weighted by Crippen LogP contribution is 2.25. The van der Waals surface area contributed by atoms with Gasteiger partial charge in [0, 0.05) is 17.2 Å². The fraction of sp³-hybridized carbons (Fsp3) is 0.333. The third-order valence-electron chi connectivity index (χ3n) is 2.68. The molecule has 16 heavy (non-hydrogen) atoms. The molecule has 0 saturated carbocycles. The first-order valence-corrected chi connectivity index (χ1v) is 5.40. The van der Waals surface area contributed by atoms with Gasteiger partial charge in [0.25, 0.3) is 0 Å². The quantitative estimate of drug-likeness (QED) is 0.803. The Morgan fingerprint density at radius 2 is 2.12 bits per heavy atom. The maximum Gasteiger partial charge on any atom is 0.229 e. The molecule has 2 aromatic rings. The molecule has 4 nitrogen and oxygen atoms in total. The standard InChI is InChI=1S/C12H15N3O/c1-3-8(2)12-14-11(15-16-12)9-6-4-5-7-10(9)13/h4-8H,3,13H2,1-2H3. The van der Waals surface area contributed by atoms with Crippen LogP contribution in [0.25, 0.3) is 11.4 Å². The van der Waals surface area contributed by atoms with Gasteiger partial charge in [-0.25, -0.2) is 0 Å². The zero-order valence-corrected chi connectivity index (χ0v) is 9.47. The Balaban J connectivity index is 2.35. The van der Waals surface area contributed by atoms with E-state index >= 15 is 0 Å². The molecule has 1 unspecified atom stereocenters. The molecule has 1 aromatic carbocycles. The summed E-state index contributed by atoms with van der Waals surface area (Å²) in [5.41, 5.74) is 7.33. The van der Waals surface area contributed by atoms with Gasteiger partial charge in [-0.2, -0.15) is 4.98 Å². The van der Waals surface area contributed by atoms with Crippen LogP contribution in [0, 0.1) is 0 Å². The average molecular weight is 217 g/mol. The lowest BCUT2D eigenvalue weighted by molar-refractivity contribution is 0.357. The molecule has 1 atom stereocenters. The Bertz CT molecular complexity index is 479. The SMILES string of the molecule is CCC(C)c1nc(-c2ccccc2N)no1. The molecule has 1 heterocycles. The van der Waals surface area contributed by atoms with Crippen LogP contribution in [0.2, 0.25) is 0 Å². The molecular weight excluding hydrogens is 202 g/mol. The molecule has 1 aromatic heterocycles. The van der Waals surface area contributed by atoms with E-state index in [1.54, 1.807) is 0 Å². The number of hydrogen-bond acceptors (Lipinski definition) is 4. The molecule has 4 heteroatoms. The van der Waals surface area contributed by atoms with Crippen molar-refractivity contribution in [2.75, 3.05) is 5.73 Å². The Labute approximate surface area is 94.5 Å². The summed E-state index contributed by atoms with van der Waals surface area (Å²) in [6.07, 6.45) is 0.978. The van der Waals surface area contributed by atoms with Crippen LogP contribution in [-0.4, -0.2) is 10.1 Å². The molecule has 0 spiro atoms. The number of para-hydroxylation sites is 1. The molecule has 2 rings (SSSR count). The van der Waals surface area contributed by atoms with Gasteiger partial charge in [-0.1, -0.05) is 31.1 Å². The molecule has 84 valence electrons. The summed E-state index contributed by atoms with van der Waals surface area (Å²) < 4.78 is 5.21. The molecule has 0 aliphatic rings. The fourth-order valence-electron chi connectivity index (χ4n) is 1.42. The van der Waals surface area contributed by atoms with Crippen LogP contribution in [0.1, 0.15) is 32.1 Å². The van der Waals surface area contributed by atoms with E-state index in [9.17, 15) is 0 Å². The van der Waals surface area contributed by atoms with E-state index in [0.717, 1.165) is 12.0 Å². The Hall–Kier alpha value is -1.84.